The van der Waals surface area contributed by atoms with Crippen LogP contribution >= 0.6 is 7.82 Å². The van der Waals surface area contributed by atoms with Crippen molar-refractivity contribution in [1.82, 2.24) is 5.32 Å². The van der Waals surface area contributed by atoms with E-state index in [1.165, 1.54) is 283 Å². The van der Waals surface area contributed by atoms with E-state index < -0.39 is 20.0 Å². The Morgan fingerprint density at radius 3 is 1.03 bits per heavy atom. The van der Waals surface area contributed by atoms with E-state index >= 15 is 0 Å². The van der Waals surface area contributed by atoms with Gasteiger partial charge < -0.3 is 19.8 Å². The summed E-state index contributed by atoms with van der Waals surface area (Å²) in [6.45, 7) is 4.88. The van der Waals surface area contributed by atoms with Gasteiger partial charge >= 0.3 is 7.82 Å². The number of likely N-dealkylation sites (N-methyl/N-ethyl adjacent to an activating group) is 1. The van der Waals surface area contributed by atoms with E-state index in [0.717, 1.165) is 32.1 Å². The average Bonchev–Trinajstić information content (AvgIpc) is 3.34. The molecule has 72 heavy (non-hydrogen) atoms. The Morgan fingerprint density at radius 2 is 0.736 bits per heavy atom. The van der Waals surface area contributed by atoms with Crippen LogP contribution in [0.4, 0.5) is 0 Å². The molecule has 0 spiro atoms. The van der Waals surface area contributed by atoms with Crippen LogP contribution in [0.15, 0.2) is 12.2 Å². The molecule has 0 rings (SSSR count). The van der Waals surface area contributed by atoms with Gasteiger partial charge in [0.2, 0.25) is 5.91 Å². The number of nitrogens with one attached hydrogen (secondary N) is 1. The highest BCUT2D eigenvalue weighted by molar-refractivity contribution is 7.47. The monoisotopic (exact) mass is 1040 g/mol. The lowest BCUT2D eigenvalue weighted by Gasteiger charge is -2.25. The van der Waals surface area contributed by atoms with Gasteiger partial charge in [0.25, 0.3) is 0 Å². The molecule has 0 aliphatic rings. The molecule has 0 aliphatic carbocycles. The highest BCUT2D eigenvalue weighted by Gasteiger charge is 2.28. The molecule has 3 atom stereocenters. The zero-order valence-electron chi connectivity index (χ0n) is 49.2. The Labute approximate surface area is 450 Å². The van der Waals surface area contributed by atoms with Gasteiger partial charge in [0.05, 0.1) is 39.9 Å². The van der Waals surface area contributed by atoms with Gasteiger partial charge in [-0.15, -0.1) is 0 Å². The third-order valence-corrected chi connectivity index (χ3v) is 16.0. The zero-order valence-corrected chi connectivity index (χ0v) is 50.1. The van der Waals surface area contributed by atoms with Crippen LogP contribution < -0.4 is 5.32 Å². The van der Waals surface area contributed by atoms with Gasteiger partial charge in [0.1, 0.15) is 13.2 Å². The van der Waals surface area contributed by atoms with E-state index in [2.05, 4.69) is 19.2 Å². The summed E-state index contributed by atoms with van der Waals surface area (Å²) in [5.74, 6) is -0.168. The number of phosphoric acid groups is 1. The van der Waals surface area contributed by atoms with Crippen molar-refractivity contribution in [1.29, 1.82) is 0 Å². The number of aliphatic hydroxyl groups is 1. The molecule has 0 radical (unpaired) electrons. The Hall–Kier alpha value is -0.760. The van der Waals surface area contributed by atoms with Crippen molar-refractivity contribution in [3.05, 3.63) is 12.2 Å². The highest BCUT2D eigenvalue weighted by atomic mass is 31.2. The molecular weight excluding hydrogens is 912 g/mol. The largest absolute Gasteiger partial charge is 0.472 e. The smallest absolute Gasteiger partial charge is 0.387 e. The maximum atomic E-state index is 13.0. The Bertz CT molecular complexity index is 1180. The van der Waals surface area contributed by atoms with Crippen molar-refractivity contribution in [3.63, 3.8) is 0 Å². The van der Waals surface area contributed by atoms with Gasteiger partial charge in [-0.3, -0.25) is 13.8 Å². The molecule has 1 amide bonds. The van der Waals surface area contributed by atoms with Crippen molar-refractivity contribution in [3.8, 4) is 0 Å². The van der Waals surface area contributed by atoms with Crippen LogP contribution in [0.2, 0.25) is 0 Å². The molecule has 0 saturated carbocycles. The van der Waals surface area contributed by atoms with E-state index in [0.29, 0.717) is 17.4 Å². The number of nitrogens with zero attached hydrogens (tertiary/aromatic N) is 1. The van der Waals surface area contributed by atoms with Gasteiger partial charge in [0, 0.05) is 6.42 Å². The molecule has 0 aromatic heterocycles. The first-order valence-electron chi connectivity index (χ1n) is 32.1. The fourth-order valence-corrected chi connectivity index (χ4v) is 10.7. The second-order valence-corrected chi connectivity index (χ2v) is 25.0. The fourth-order valence-electron chi connectivity index (χ4n) is 9.99. The predicted molar refractivity (Wildman–Crippen MR) is 314 cm³/mol. The minimum Gasteiger partial charge on any atom is -0.387 e. The van der Waals surface area contributed by atoms with Crippen molar-refractivity contribution in [2.75, 3.05) is 40.9 Å². The van der Waals surface area contributed by atoms with E-state index in [1.807, 2.05) is 27.2 Å². The number of quaternary nitrogens is 1. The quantitative estimate of drug-likeness (QED) is 0.0243. The van der Waals surface area contributed by atoms with Crippen LogP contribution in [-0.2, 0) is 18.4 Å². The molecule has 0 saturated heterocycles. The first-order chi connectivity index (χ1) is 35.0. The number of hydrogen-bond donors (Lipinski definition) is 3. The molecule has 9 heteroatoms. The lowest BCUT2D eigenvalue weighted by Crippen LogP contribution is -2.45. The van der Waals surface area contributed by atoms with E-state index in [4.69, 9.17) is 9.05 Å². The van der Waals surface area contributed by atoms with Crippen LogP contribution in [0.3, 0.4) is 0 Å². The Balaban J connectivity index is 4.09. The molecule has 0 heterocycles. The van der Waals surface area contributed by atoms with Crippen molar-refractivity contribution >= 4 is 13.7 Å². The fraction of sp³-hybridized carbons (Fsp3) is 0.952. The third-order valence-electron chi connectivity index (χ3n) is 15.0. The molecule has 3 N–H and O–H groups in total. The number of aliphatic hydroxyl groups excluding tert-OH is 1. The second kappa shape index (κ2) is 55.0. The lowest BCUT2D eigenvalue weighted by molar-refractivity contribution is -0.870. The van der Waals surface area contributed by atoms with E-state index in [1.54, 1.807) is 6.08 Å². The van der Waals surface area contributed by atoms with Gasteiger partial charge in [-0.05, 0) is 19.3 Å². The first-order valence-corrected chi connectivity index (χ1v) is 33.6. The van der Waals surface area contributed by atoms with Crippen molar-refractivity contribution < 1.29 is 32.9 Å². The maximum absolute atomic E-state index is 13.0. The van der Waals surface area contributed by atoms with E-state index in [-0.39, 0.29) is 19.1 Å². The summed E-state index contributed by atoms with van der Waals surface area (Å²) in [6, 6.07) is -0.843. The SMILES string of the molecule is CCCCCCCCCCCCCCCCCCCCCCC/C=C/C(O)C(COP(=O)(O)OCC[N+](C)(C)C)NC(=O)CCCCCCCCCCCCCCCCCCCCCCCCCCCCC. The number of carbonyl (C=O) groups excluding carboxylic acids is 1. The highest BCUT2D eigenvalue weighted by Crippen LogP contribution is 2.43. The molecule has 0 aromatic carbocycles. The van der Waals surface area contributed by atoms with E-state index in [9.17, 15) is 19.4 Å². The predicted octanol–water partition coefficient (Wildman–Crippen LogP) is 19.8. The Morgan fingerprint density at radius 1 is 0.458 bits per heavy atom. The van der Waals surface area contributed by atoms with Gasteiger partial charge in [-0.2, -0.15) is 0 Å². The lowest BCUT2D eigenvalue weighted by atomic mass is 10.0. The second-order valence-electron chi connectivity index (χ2n) is 23.5. The zero-order chi connectivity index (χ0) is 52.7. The first kappa shape index (κ1) is 71.2. The Kier molecular flexibility index (Phi) is 54.4. The summed E-state index contributed by atoms with van der Waals surface area (Å²) in [7, 11) is 1.59. The van der Waals surface area contributed by atoms with Gasteiger partial charge in [-0.25, -0.2) is 4.57 Å². The topological polar surface area (TPSA) is 105 Å². The number of hydrogen-bond acceptors (Lipinski definition) is 5. The molecular formula is C63H128N2O6P+. The normalized spacial score (nSPS) is 13.8. The molecule has 430 valence electrons. The summed E-state index contributed by atoms with van der Waals surface area (Å²) < 4.78 is 23.8. The molecule has 3 unspecified atom stereocenters. The summed E-state index contributed by atoms with van der Waals surface area (Å²) in [5.41, 5.74) is 0. The number of amides is 1. The third kappa shape index (κ3) is 57.0. The van der Waals surface area contributed by atoms with Crippen LogP contribution in [0.1, 0.15) is 335 Å². The van der Waals surface area contributed by atoms with Crippen molar-refractivity contribution in [2.45, 2.75) is 347 Å². The molecule has 0 fully saturated rings. The number of allylic oxidation sites excluding steroid dienone is 1. The standard InChI is InChI=1S/C63H127N2O6P/c1-6-8-10-12-14-16-18-20-22-24-26-28-30-31-32-33-35-37-39-41-43-45-47-49-51-53-55-57-63(67)64-61(60-71-72(68,69)70-59-58-65(3,4)5)62(66)56-54-52-50-48-46-44-42-40-38-36-34-29-27-25-23-21-19-17-15-13-11-9-7-2/h54,56,61-62,66H,6-53,55,57-60H2,1-5H3,(H-,64,67,68,69)/p+1/b56-54+. The maximum Gasteiger partial charge on any atom is 0.472 e. The van der Waals surface area contributed by atoms with Gasteiger partial charge in [-0.1, -0.05) is 321 Å². The minimum atomic E-state index is -4.35. The summed E-state index contributed by atoms with van der Waals surface area (Å²) in [5, 5.41) is 14.0. The average molecular weight is 1040 g/mol. The van der Waals surface area contributed by atoms with Crippen LogP contribution in [-0.4, -0.2) is 73.4 Å². The number of carbonyl (C=O) groups is 1. The number of unbranched alkanes of at least 4 members (excludes halogenated alkanes) is 47. The van der Waals surface area contributed by atoms with Crippen LogP contribution in [0.25, 0.3) is 0 Å². The minimum absolute atomic E-state index is 0.0654. The summed E-state index contributed by atoms with van der Waals surface area (Å²) in [4.78, 5) is 23.4. The molecule has 8 nitrogen and oxygen atoms in total. The molecule has 0 aromatic rings. The number of phosphoric ester groups is 1. The van der Waals surface area contributed by atoms with Crippen molar-refractivity contribution in [2.24, 2.45) is 0 Å². The van der Waals surface area contributed by atoms with Gasteiger partial charge in [0.15, 0.2) is 0 Å². The molecule has 0 aliphatic heterocycles. The molecule has 0 bridgehead atoms. The summed E-state index contributed by atoms with van der Waals surface area (Å²) in [6.07, 6.45) is 69.0. The number of rotatable bonds is 60. The van der Waals surface area contributed by atoms with Crippen LogP contribution in [0.5, 0.6) is 0 Å². The summed E-state index contributed by atoms with van der Waals surface area (Å²) >= 11 is 0. The van der Waals surface area contributed by atoms with Crippen LogP contribution in [0, 0.1) is 0 Å².